The molecule has 5 rings (SSSR count). The van der Waals surface area contributed by atoms with Gasteiger partial charge in [0.05, 0.1) is 36.2 Å². The van der Waals surface area contributed by atoms with E-state index in [1.807, 2.05) is 6.07 Å². The monoisotopic (exact) mass is 518 g/mol. The van der Waals surface area contributed by atoms with Gasteiger partial charge in [-0.05, 0) is 17.7 Å². The zero-order chi connectivity index (χ0) is 25.8. The Morgan fingerprint density at radius 3 is 2.56 bits per heavy atom. The molecule has 0 unspecified atom stereocenters. The highest BCUT2D eigenvalue weighted by molar-refractivity contribution is 6.31. The largest absolute Gasteiger partial charge is 0.480 e. The van der Waals surface area contributed by atoms with E-state index in [0.29, 0.717) is 0 Å². The van der Waals surface area contributed by atoms with Crippen LogP contribution in [0.1, 0.15) is 12.8 Å². The SMILES string of the molecule is COc1cncc(-n2c(=O)c(-c3ccc(F)c(Cl)c3)c(N3CC4(C3)CC(F)(F)C4)n(CC#N)c2=O)n1. The molecular formula is C23H18ClF3N6O3. The fraction of sp³-hybridized carbons (Fsp3) is 0.348. The molecule has 13 heteroatoms. The molecule has 0 N–H and O–H groups in total. The van der Waals surface area contributed by atoms with Gasteiger partial charge in [0.25, 0.3) is 5.56 Å². The average Bonchev–Trinajstić information content (AvgIpc) is 2.79. The smallest absolute Gasteiger partial charge is 0.339 e. The molecule has 0 radical (unpaired) electrons. The predicted molar refractivity (Wildman–Crippen MR) is 123 cm³/mol. The van der Waals surface area contributed by atoms with E-state index in [0.717, 1.165) is 15.2 Å². The third-order valence-electron chi connectivity index (χ3n) is 6.41. The highest BCUT2D eigenvalue weighted by Crippen LogP contribution is 2.57. The zero-order valence-electron chi connectivity index (χ0n) is 18.8. The van der Waals surface area contributed by atoms with Gasteiger partial charge in [0, 0.05) is 31.3 Å². The Hall–Kier alpha value is -3.85. The quantitative estimate of drug-likeness (QED) is 0.511. The van der Waals surface area contributed by atoms with Crippen LogP contribution in [0.2, 0.25) is 5.02 Å². The number of ether oxygens (including phenoxy) is 1. The fourth-order valence-electron chi connectivity index (χ4n) is 5.02. The molecule has 186 valence electrons. The number of methoxy groups -OCH3 is 1. The molecule has 0 amide bonds. The second-order valence-electron chi connectivity index (χ2n) is 8.98. The lowest BCUT2D eigenvalue weighted by Crippen LogP contribution is -2.67. The van der Waals surface area contributed by atoms with E-state index in [4.69, 9.17) is 16.3 Å². The van der Waals surface area contributed by atoms with Gasteiger partial charge in [0.2, 0.25) is 11.8 Å². The van der Waals surface area contributed by atoms with Crippen LogP contribution in [-0.2, 0) is 6.54 Å². The van der Waals surface area contributed by atoms with Gasteiger partial charge in [-0.15, -0.1) is 0 Å². The highest BCUT2D eigenvalue weighted by Gasteiger charge is 2.62. The molecule has 2 fully saturated rings. The Morgan fingerprint density at radius 2 is 1.94 bits per heavy atom. The summed E-state index contributed by atoms with van der Waals surface area (Å²) >= 11 is 5.99. The summed E-state index contributed by atoms with van der Waals surface area (Å²) in [6, 6.07) is 5.52. The van der Waals surface area contributed by atoms with Crippen LogP contribution in [0.4, 0.5) is 19.0 Å². The molecule has 36 heavy (non-hydrogen) atoms. The number of aromatic nitrogens is 4. The van der Waals surface area contributed by atoms with Crippen LogP contribution in [0.3, 0.4) is 0 Å². The predicted octanol–water partition coefficient (Wildman–Crippen LogP) is 3.02. The summed E-state index contributed by atoms with van der Waals surface area (Å²) in [5.74, 6) is -3.51. The van der Waals surface area contributed by atoms with Crippen LogP contribution in [-0.4, -0.2) is 45.2 Å². The van der Waals surface area contributed by atoms with Gasteiger partial charge in [-0.25, -0.2) is 22.5 Å². The molecule has 3 heterocycles. The lowest BCUT2D eigenvalue weighted by Gasteiger charge is -2.59. The van der Waals surface area contributed by atoms with Crippen LogP contribution in [0, 0.1) is 22.6 Å². The zero-order valence-corrected chi connectivity index (χ0v) is 19.6. The van der Waals surface area contributed by atoms with Crippen molar-refractivity contribution in [2.75, 3.05) is 25.1 Å². The maximum Gasteiger partial charge on any atom is 0.339 e. The van der Waals surface area contributed by atoms with Gasteiger partial charge in [-0.1, -0.05) is 17.7 Å². The van der Waals surface area contributed by atoms with Crippen LogP contribution >= 0.6 is 11.6 Å². The topological polar surface area (TPSA) is 106 Å². The number of anilines is 1. The van der Waals surface area contributed by atoms with Gasteiger partial charge < -0.3 is 9.64 Å². The molecule has 2 aromatic heterocycles. The normalized spacial score (nSPS) is 17.3. The Balaban J connectivity index is 1.76. The first-order valence-electron chi connectivity index (χ1n) is 10.8. The van der Waals surface area contributed by atoms with Crippen molar-refractivity contribution in [3.63, 3.8) is 0 Å². The summed E-state index contributed by atoms with van der Waals surface area (Å²) < 4.78 is 48.0. The molecule has 0 bridgehead atoms. The minimum atomic E-state index is -2.75. The number of benzene rings is 1. The molecule has 1 saturated carbocycles. The molecular weight excluding hydrogens is 501 g/mol. The number of hydrogen-bond donors (Lipinski definition) is 0. The number of rotatable bonds is 5. The first-order valence-corrected chi connectivity index (χ1v) is 11.2. The number of nitriles is 1. The van der Waals surface area contributed by atoms with Gasteiger partial charge in [-0.2, -0.15) is 10.2 Å². The van der Waals surface area contributed by atoms with Crippen molar-refractivity contribution in [2.45, 2.75) is 25.3 Å². The Labute approximate surface area is 207 Å². The lowest BCUT2D eigenvalue weighted by molar-refractivity contribution is -0.170. The molecule has 1 saturated heterocycles. The van der Waals surface area contributed by atoms with Gasteiger partial charge >= 0.3 is 5.69 Å². The van der Waals surface area contributed by atoms with E-state index >= 15 is 0 Å². The molecule has 1 aliphatic heterocycles. The second-order valence-corrected chi connectivity index (χ2v) is 9.39. The van der Waals surface area contributed by atoms with Gasteiger partial charge in [0.15, 0.2) is 5.82 Å². The van der Waals surface area contributed by atoms with Crippen LogP contribution in [0.5, 0.6) is 5.88 Å². The number of alkyl halides is 2. The number of halogens is 4. The highest BCUT2D eigenvalue weighted by atomic mass is 35.5. The molecule has 0 atom stereocenters. The Kier molecular flexibility index (Phi) is 5.55. The van der Waals surface area contributed by atoms with Gasteiger partial charge in [0.1, 0.15) is 18.2 Å². The fourth-order valence-corrected chi connectivity index (χ4v) is 5.20. The summed E-state index contributed by atoms with van der Waals surface area (Å²) in [5.41, 5.74) is -2.22. The van der Waals surface area contributed by atoms with E-state index in [-0.39, 0.29) is 59.6 Å². The van der Waals surface area contributed by atoms with E-state index in [1.165, 1.54) is 31.6 Å². The first kappa shape index (κ1) is 23.9. The second kappa shape index (κ2) is 8.37. The molecule has 2 aliphatic rings. The maximum atomic E-state index is 13.9. The molecule has 9 nitrogen and oxygen atoms in total. The van der Waals surface area contributed by atoms with Crippen LogP contribution in [0.15, 0.2) is 40.2 Å². The molecule has 3 aromatic rings. The van der Waals surface area contributed by atoms with Crippen molar-refractivity contribution in [3.8, 4) is 28.9 Å². The van der Waals surface area contributed by atoms with Gasteiger partial charge in [-0.3, -0.25) is 14.3 Å². The third-order valence-corrected chi connectivity index (χ3v) is 6.70. The van der Waals surface area contributed by atoms with Crippen molar-refractivity contribution in [3.05, 3.63) is 62.3 Å². The summed E-state index contributed by atoms with van der Waals surface area (Å²) in [4.78, 5) is 37.0. The van der Waals surface area contributed by atoms with Crippen LogP contribution < -0.4 is 20.9 Å². The third kappa shape index (κ3) is 3.80. The van der Waals surface area contributed by atoms with E-state index in [1.54, 1.807) is 4.90 Å². The molecule has 1 aromatic carbocycles. The van der Waals surface area contributed by atoms with Crippen molar-refractivity contribution in [2.24, 2.45) is 5.41 Å². The molecule has 1 aliphatic carbocycles. The number of hydrogen-bond acceptors (Lipinski definition) is 7. The standard InChI is InChI=1S/C23H18ClF3N6O3/c1-36-17-8-29-7-16(30-17)33-20(34)18(13-2-3-15(25)14(24)6-13)19(32(5-4-28)21(33)35)31-11-22(12-31)9-23(26,27)10-22/h2-3,6-8H,5,9-12H2,1H3. The minimum Gasteiger partial charge on any atom is -0.480 e. The first-order chi connectivity index (χ1) is 17.1. The van der Waals surface area contributed by atoms with E-state index in [9.17, 15) is 28.0 Å². The lowest BCUT2D eigenvalue weighted by atomic mass is 9.61. The average molecular weight is 519 g/mol. The minimum absolute atomic E-state index is 0.0386. The van der Waals surface area contributed by atoms with Crippen molar-refractivity contribution in [1.82, 2.24) is 19.1 Å². The summed E-state index contributed by atoms with van der Waals surface area (Å²) in [6.45, 7) is -0.122. The maximum absolute atomic E-state index is 13.9. The Morgan fingerprint density at radius 1 is 1.22 bits per heavy atom. The van der Waals surface area contributed by atoms with Crippen LogP contribution in [0.25, 0.3) is 16.9 Å². The number of nitrogens with zero attached hydrogens (tertiary/aromatic N) is 6. The van der Waals surface area contributed by atoms with E-state index < -0.39 is 34.9 Å². The Bertz CT molecular complexity index is 1530. The summed E-state index contributed by atoms with van der Waals surface area (Å²) in [7, 11) is 1.34. The van der Waals surface area contributed by atoms with E-state index in [2.05, 4.69) is 9.97 Å². The van der Waals surface area contributed by atoms with Crippen molar-refractivity contribution in [1.29, 1.82) is 5.26 Å². The summed E-state index contributed by atoms with van der Waals surface area (Å²) in [5, 5.41) is 9.23. The molecule has 1 spiro atoms. The summed E-state index contributed by atoms with van der Waals surface area (Å²) in [6.07, 6.45) is 1.86. The van der Waals surface area contributed by atoms with Crippen molar-refractivity contribution < 1.29 is 17.9 Å². The van der Waals surface area contributed by atoms with Crippen molar-refractivity contribution >= 4 is 17.4 Å².